The summed E-state index contributed by atoms with van der Waals surface area (Å²) in [6.07, 6.45) is 0. The predicted molar refractivity (Wildman–Crippen MR) is 105 cm³/mol. The number of nitro groups is 1. The van der Waals surface area contributed by atoms with Crippen molar-refractivity contribution in [2.45, 2.75) is 19.4 Å². The Hall–Kier alpha value is -4.08. The zero-order chi connectivity index (χ0) is 21.8. The Morgan fingerprint density at radius 2 is 1.77 bits per heavy atom. The maximum Gasteiger partial charge on any atom is 0.282 e. The minimum absolute atomic E-state index is 0.127. The Morgan fingerprint density at radius 1 is 1.07 bits per heavy atom. The SMILES string of the molecule is CC1(C)C(=O)Nc2ccccc2N1C(=O)CN1C(=O)c2cccc([N+](=O)[O-])c2C1=O. The van der Waals surface area contributed by atoms with Crippen LogP contribution in [-0.4, -0.2) is 45.5 Å². The molecule has 2 aliphatic rings. The van der Waals surface area contributed by atoms with Gasteiger partial charge in [0, 0.05) is 6.07 Å². The highest BCUT2D eigenvalue weighted by Crippen LogP contribution is 2.37. The van der Waals surface area contributed by atoms with Gasteiger partial charge in [-0.3, -0.25) is 39.1 Å². The van der Waals surface area contributed by atoms with E-state index in [0.717, 1.165) is 6.07 Å². The van der Waals surface area contributed by atoms with Gasteiger partial charge in [0.15, 0.2) is 0 Å². The first-order chi connectivity index (χ1) is 14.1. The molecule has 4 rings (SSSR count). The number of benzene rings is 2. The lowest BCUT2D eigenvalue weighted by Crippen LogP contribution is -2.60. The Labute approximate surface area is 170 Å². The van der Waals surface area contributed by atoms with Crippen LogP contribution in [-0.2, 0) is 9.59 Å². The molecule has 0 saturated heterocycles. The number of imide groups is 1. The van der Waals surface area contributed by atoms with Crippen LogP contribution in [0.25, 0.3) is 0 Å². The number of nitro benzene ring substituents is 1. The first-order valence-corrected chi connectivity index (χ1v) is 9.01. The second-order valence-electron chi connectivity index (χ2n) is 7.41. The van der Waals surface area contributed by atoms with Crippen LogP contribution in [0.1, 0.15) is 34.6 Å². The van der Waals surface area contributed by atoms with Crippen molar-refractivity contribution >= 4 is 40.7 Å². The lowest BCUT2D eigenvalue weighted by atomic mass is 9.96. The van der Waals surface area contributed by atoms with E-state index in [1.54, 1.807) is 38.1 Å². The van der Waals surface area contributed by atoms with Crippen molar-refractivity contribution in [3.8, 4) is 0 Å². The highest BCUT2D eigenvalue weighted by Gasteiger charge is 2.47. The summed E-state index contributed by atoms with van der Waals surface area (Å²) < 4.78 is 0. The molecule has 0 aromatic heterocycles. The Balaban J connectivity index is 1.70. The molecule has 10 nitrogen and oxygen atoms in total. The van der Waals surface area contributed by atoms with E-state index in [4.69, 9.17) is 0 Å². The minimum atomic E-state index is -1.28. The molecule has 2 aromatic carbocycles. The zero-order valence-electron chi connectivity index (χ0n) is 16.0. The van der Waals surface area contributed by atoms with Crippen molar-refractivity contribution in [2.75, 3.05) is 16.8 Å². The normalized spacial score (nSPS) is 16.8. The maximum atomic E-state index is 13.2. The molecular weight excluding hydrogens is 392 g/mol. The molecule has 2 aliphatic heterocycles. The molecule has 0 atom stereocenters. The van der Waals surface area contributed by atoms with Gasteiger partial charge in [0.2, 0.25) is 11.8 Å². The number of rotatable bonds is 3. The molecule has 2 aromatic rings. The molecule has 0 aliphatic carbocycles. The highest BCUT2D eigenvalue weighted by molar-refractivity contribution is 6.25. The van der Waals surface area contributed by atoms with Gasteiger partial charge in [-0.25, -0.2) is 0 Å². The summed E-state index contributed by atoms with van der Waals surface area (Å²) in [7, 11) is 0. The van der Waals surface area contributed by atoms with Crippen molar-refractivity contribution in [1.82, 2.24) is 4.90 Å². The highest BCUT2D eigenvalue weighted by atomic mass is 16.6. The first-order valence-electron chi connectivity index (χ1n) is 9.01. The number of hydrogen-bond donors (Lipinski definition) is 1. The fraction of sp³-hybridized carbons (Fsp3) is 0.200. The fourth-order valence-electron chi connectivity index (χ4n) is 3.72. The Kier molecular flexibility index (Phi) is 4.15. The summed E-state index contributed by atoms with van der Waals surface area (Å²) in [5, 5.41) is 14.0. The molecule has 152 valence electrons. The maximum absolute atomic E-state index is 13.2. The van der Waals surface area contributed by atoms with Crippen molar-refractivity contribution < 1.29 is 24.1 Å². The van der Waals surface area contributed by atoms with E-state index in [1.165, 1.54) is 17.0 Å². The van der Waals surface area contributed by atoms with E-state index in [0.29, 0.717) is 16.3 Å². The molecule has 0 radical (unpaired) electrons. The number of nitrogens with one attached hydrogen (secondary N) is 1. The van der Waals surface area contributed by atoms with E-state index >= 15 is 0 Å². The zero-order valence-corrected chi connectivity index (χ0v) is 16.0. The van der Waals surface area contributed by atoms with Crippen LogP contribution in [0.4, 0.5) is 17.1 Å². The van der Waals surface area contributed by atoms with Crippen molar-refractivity contribution in [1.29, 1.82) is 0 Å². The summed E-state index contributed by atoms with van der Waals surface area (Å²) in [5.41, 5.74) is -1.39. The van der Waals surface area contributed by atoms with Crippen LogP contribution < -0.4 is 10.2 Å². The monoisotopic (exact) mass is 408 g/mol. The second kappa shape index (κ2) is 6.48. The molecule has 30 heavy (non-hydrogen) atoms. The number of nitrogens with zero attached hydrogens (tertiary/aromatic N) is 3. The van der Waals surface area contributed by atoms with Crippen molar-refractivity contribution in [2.24, 2.45) is 0 Å². The topological polar surface area (TPSA) is 130 Å². The Morgan fingerprint density at radius 3 is 2.47 bits per heavy atom. The van der Waals surface area contributed by atoms with Gasteiger partial charge < -0.3 is 5.32 Å². The van der Waals surface area contributed by atoms with Crippen LogP contribution >= 0.6 is 0 Å². The number of fused-ring (bicyclic) bond motifs is 2. The third-order valence-corrected chi connectivity index (χ3v) is 5.22. The molecule has 0 unspecified atom stereocenters. The third-order valence-electron chi connectivity index (χ3n) is 5.22. The van der Waals surface area contributed by atoms with Crippen LogP contribution in [0.2, 0.25) is 0 Å². The van der Waals surface area contributed by atoms with Gasteiger partial charge >= 0.3 is 0 Å². The van der Waals surface area contributed by atoms with Gasteiger partial charge in [-0.05, 0) is 32.0 Å². The number of para-hydroxylation sites is 2. The van der Waals surface area contributed by atoms with Crippen LogP contribution in [0, 0.1) is 10.1 Å². The minimum Gasteiger partial charge on any atom is -0.322 e. The smallest absolute Gasteiger partial charge is 0.282 e. The molecule has 0 fully saturated rings. The fourth-order valence-corrected chi connectivity index (χ4v) is 3.72. The molecule has 1 N–H and O–H groups in total. The van der Waals surface area contributed by atoms with Crippen molar-refractivity contribution in [3.63, 3.8) is 0 Å². The van der Waals surface area contributed by atoms with E-state index in [9.17, 15) is 29.3 Å². The van der Waals surface area contributed by atoms with E-state index < -0.39 is 46.3 Å². The number of amides is 4. The summed E-state index contributed by atoms with van der Waals surface area (Å²) in [4.78, 5) is 63.6. The van der Waals surface area contributed by atoms with Gasteiger partial charge in [0.05, 0.1) is 21.9 Å². The molecular formula is C20H16N4O6. The lowest BCUT2D eigenvalue weighted by molar-refractivity contribution is -0.385. The van der Waals surface area contributed by atoms with Gasteiger partial charge in [-0.15, -0.1) is 0 Å². The first kappa shape index (κ1) is 19.2. The summed E-state index contributed by atoms with van der Waals surface area (Å²) in [6, 6.07) is 10.4. The molecule has 2 heterocycles. The number of anilines is 2. The standard InChI is InChI=1S/C20H16N4O6/c1-20(2)19(28)21-12-7-3-4-8-13(12)23(20)15(25)10-22-17(26)11-6-5-9-14(24(29)30)16(11)18(22)27/h3-9H,10H2,1-2H3,(H,21,28). The van der Waals surface area contributed by atoms with E-state index in [2.05, 4.69) is 5.32 Å². The molecule has 4 amide bonds. The van der Waals surface area contributed by atoms with Crippen LogP contribution in [0.5, 0.6) is 0 Å². The number of hydrogen-bond acceptors (Lipinski definition) is 6. The average Bonchev–Trinajstić information content (AvgIpc) is 2.93. The second-order valence-corrected chi connectivity index (χ2v) is 7.41. The van der Waals surface area contributed by atoms with Gasteiger partial charge in [0.1, 0.15) is 17.6 Å². The molecule has 0 saturated carbocycles. The lowest BCUT2D eigenvalue weighted by Gasteiger charge is -2.42. The Bertz CT molecular complexity index is 1160. The number of carbonyl (C=O) groups excluding carboxylic acids is 4. The third kappa shape index (κ3) is 2.65. The van der Waals surface area contributed by atoms with Crippen LogP contribution in [0.15, 0.2) is 42.5 Å². The summed E-state index contributed by atoms with van der Waals surface area (Å²) in [6.45, 7) is 2.43. The summed E-state index contributed by atoms with van der Waals surface area (Å²) >= 11 is 0. The quantitative estimate of drug-likeness (QED) is 0.469. The molecule has 0 spiro atoms. The van der Waals surface area contributed by atoms with Gasteiger partial charge in [-0.2, -0.15) is 0 Å². The summed E-state index contributed by atoms with van der Waals surface area (Å²) in [5.74, 6) is -2.80. The largest absolute Gasteiger partial charge is 0.322 e. The molecule has 10 heteroatoms. The number of carbonyl (C=O) groups is 4. The van der Waals surface area contributed by atoms with E-state index in [-0.39, 0.29) is 11.1 Å². The van der Waals surface area contributed by atoms with Crippen molar-refractivity contribution in [3.05, 3.63) is 63.7 Å². The van der Waals surface area contributed by atoms with Gasteiger partial charge in [0.25, 0.3) is 17.5 Å². The average molecular weight is 408 g/mol. The van der Waals surface area contributed by atoms with Gasteiger partial charge in [-0.1, -0.05) is 18.2 Å². The molecule has 0 bridgehead atoms. The van der Waals surface area contributed by atoms with E-state index in [1.807, 2.05) is 0 Å². The van der Waals surface area contributed by atoms with Crippen LogP contribution in [0.3, 0.4) is 0 Å². The predicted octanol–water partition coefficient (Wildman–Crippen LogP) is 1.95.